The Hall–Kier alpha value is -2.85. The van der Waals surface area contributed by atoms with E-state index >= 15 is 0 Å². The third kappa shape index (κ3) is 3.33. The molecule has 0 radical (unpaired) electrons. The first-order chi connectivity index (χ1) is 11.1. The maximum absolute atomic E-state index is 12.2. The average molecular weight is 322 g/mol. The van der Waals surface area contributed by atoms with E-state index in [-0.39, 0.29) is 22.8 Å². The van der Waals surface area contributed by atoms with Gasteiger partial charge in [-0.05, 0) is 57.8 Å². The molecule has 4 heteroatoms. The van der Waals surface area contributed by atoms with Gasteiger partial charge >= 0.3 is 0 Å². The fourth-order valence-corrected chi connectivity index (χ4v) is 2.96. The highest BCUT2D eigenvalue weighted by atomic mass is 32.1. The number of phenols is 2. The van der Waals surface area contributed by atoms with Crippen molar-refractivity contribution in [2.24, 2.45) is 0 Å². The van der Waals surface area contributed by atoms with Crippen LogP contribution in [0, 0.1) is 0 Å². The van der Waals surface area contributed by atoms with Gasteiger partial charge in [-0.2, -0.15) is 11.3 Å². The van der Waals surface area contributed by atoms with Crippen LogP contribution in [-0.4, -0.2) is 16.0 Å². The quantitative estimate of drug-likeness (QED) is 0.415. The standard InChI is InChI=1S/C19H14O3S/c20-15-6-8-19(22)17(11-15)18(21)7-5-13-3-1-2-4-16(13)14-9-10-23-12-14/h1-12,20,22H. The lowest BCUT2D eigenvalue weighted by molar-refractivity contribution is 0.104. The average Bonchev–Trinajstić information content (AvgIpc) is 3.09. The normalized spacial score (nSPS) is 11.0. The minimum Gasteiger partial charge on any atom is -0.508 e. The summed E-state index contributed by atoms with van der Waals surface area (Å²) in [5.41, 5.74) is 3.13. The monoisotopic (exact) mass is 322 g/mol. The summed E-state index contributed by atoms with van der Waals surface area (Å²) in [5, 5.41) is 23.3. The van der Waals surface area contributed by atoms with Crippen molar-refractivity contribution in [2.75, 3.05) is 0 Å². The van der Waals surface area contributed by atoms with Crippen molar-refractivity contribution in [3.8, 4) is 22.6 Å². The molecular formula is C19H14O3S. The zero-order valence-electron chi connectivity index (χ0n) is 12.1. The molecule has 0 fully saturated rings. The van der Waals surface area contributed by atoms with Gasteiger partial charge in [0.05, 0.1) is 5.56 Å². The van der Waals surface area contributed by atoms with Gasteiger partial charge in [0, 0.05) is 0 Å². The largest absolute Gasteiger partial charge is 0.508 e. The van der Waals surface area contributed by atoms with E-state index < -0.39 is 0 Å². The smallest absolute Gasteiger partial charge is 0.189 e. The number of rotatable bonds is 4. The van der Waals surface area contributed by atoms with Crippen LogP contribution in [0.3, 0.4) is 0 Å². The van der Waals surface area contributed by atoms with Crippen molar-refractivity contribution in [2.45, 2.75) is 0 Å². The Morgan fingerprint density at radius 2 is 1.87 bits per heavy atom. The van der Waals surface area contributed by atoms with Gasteiger partial charge in [-0.25, -0.2) is 0 Å². The molecule has 0 aliphatic rings. The molecule has 0 aliphatic carbocycles. The number of ketones is 1. The molecule has 0 aliphatic heterocycles. The van der Waals surface area contributed by atoms with Crippen LogP contribution in [0.2, 0.25) is 0 Å². The number of benzene rings is 2. The topological polar surface area (TPSA) is 57.5 Å². The van der Waals surface area contributed by atoms with Gasteiger partial charge in [-0.15, -0.1) is 0 Å². The molecule has 0 amide bonds. The van der Waals surface area contributed by atoms with Crippen molar-refractivity contribution in [3.63, 3.8) is 0 Å². The van der Waals surface area contributed by atoms with Crippen LogP contribution in [0.15, 0.2) is 65.4 Å². The van der Waals surface area contributed by atoms with E-state index in [1.807, 2.05) is 35.7 Å². The maximum atomic E-state index is 12.2. The van der Waals surface area contributed by atoms with Crippen LogP contribution in [0.25, 0.3) is 17.2 Å². The molecule has 3 rings (SSSR count). The minimum atomic E-state index is -0.362. The third-order valence-electron chi connectivity index (χ3n) is 3.45. The number of thiophene rings is 1. The summed E-state index contributed by atoms with van der Waals surface area (Å²) in [6.45, 7) is 0. The second-order valence-electron chi connectivity index (χ2n) is 5.00. The molecule has 2 aromatic carbocycles. The highest BCUT2D eigenvalue weighted by molar-refractivity contribution is 7.08. The number of carbonyl (C=O) groups is 1. The fourth-order valence-electron chi connectivity index (χ4n) is 2.30. The number of hydrogen-bond acceptors (Lipinski definition) is 4. The molecule has 3 aromatic rings. The molecule has 0 atom stereocenters. The van der Waals surface area contributed by atoms with E-state index in [4.69, 9.17) is 0 Å². The van der Waals surface area contributed by atoms with Crippen molar-refractivity contribution in [3.05, 3.63) is 76.5 Å². The number of hydrogen-bond donors (Lipinski definition) is 2. The molecule has 0 spiro atoms. The number of phenolic OH excluding ortho intramolecular Hbond substituents is 2. The van der Waals surface area contributed by atoms with Gasteiger partial charge in [0.25, 0.3) is 0 Å². The zero-order valence-corrected chi connectivity index (χ0v) is 13.0. The van der Waals surface area contributed by atoms with Gasteiger partial charge in [0.2, 0.25) is 0 Å². The third-order valence-corrected chi connectivity index (χ3v) is 4.14. The van der Waals surface area contributed by atoms with Crippen LogP contribution in [0.4, 0.5) is 0 Å². The zero-order chi connectivity index (χ0) is 16.2. The molecule has 0 saturated heterocycles. The van der Waals surface area contributed by atoms with Gasteiger partial charge in [0.15, 0.2) is 5.78 Å². The van der Waals surface area contributed by atoms with Gasteiger partial charge < -0.3 is 10.2 Å². The second-order valence-corrected chi connectivity index (χ2v) is 5.78. The summed E-state index contributed by atoms with van der Waals surface area (Å²) in [7, 11) is 0. The molecular weight excluding hydrogens is 308 g/mol. The summed E-state index contributed by atoms with van der Waals surface area (Å²) in [6, 6.07) is 13.7. The van der Waals surface area contributed by atoms with Gasteiger partial charge in [-0.3, -0.25) is 4.79 Å². The van der Waals surface area contributed by atoms with E-state index in [0.29, 0.717) is 0 Å². The first-order valence-electron chi connectivity index (χ1n) is 7.01. The van der Waals surface area contributed by atoms with Crippen molar-refractivity contribution in [1.29, 1.82) is 0 Å². The number of aromatic hydroxyl groups is 2. The van der Waals surface area contributed by atoms with Crippen LogP contribution in [-0.2, 0) is 0 Å². The maximum Gasteiger partial charge on any atom is 0.189 e. The predicted octanol–water partition coefficient (Wildman–Crippen LogP) is 4.72. The number of allylic oxidation sites excluding steroid dienone is 1. The van der Waals surface area contributed by atoms with E-state index in [9.17, 15) is 15.0 Å². The number of carbonyl (C=O) groups excluding carboxylic acids is 1. The lowest BCUT2D eigenvalue weighted by Gasteiger charge is -2.04. The van der Waals surface area contributed by atoms with Gasteiger partial charge in [0.1, 0.15) is 11.5 Å². The van der Waals surface area contributed by atoms with E-state index in [1.165, 1.54) is 24.3 Å². The Morgan fingerprint density at radius 1 is 1.04 bits per heavy atom. The van der Waals surface area contributed by atoms with Crippen molar-refractivity contribution in [1.82, 2.24) is 0 Å². The molecule has 0 unspecified atom stereocenters. The lowest BCUT2D eigenvalue weighted by Crippen LogP contribution is -1.94. The molecule has 23 heavy (non-hydrogen) atoms. The van der Waals surface area contributed by atoms with Crippen LogP contribution < -0.4 is 0 Å². The molecule has 114 valence electrons. The van der Waals surface area contributed by atoms with Gasteiger partial charge in [-0.1, -0.05) is 30.3 Å². The first-order valence-corrected chi connectivity index (χ1v) is 7.95. The Bertz CT molecular complexity index is 864. The summed E-state index contributed by atoms with van der Waals surface area (Å²) < 4.78 is 0. The predicted molar refractivity (Wildman–Crippen MR) is 92.9 cm³/mol. The Kier molecular flexibility index (Phi) is 4.26. The van der Waals surface area contributed by atoms with E-state index in [2.05, 4.69) is 5.38 Å². The Balaban J connectivity index is 1.92. The van der Waals surface area contributed by atoms with Crippen LogP contribution in [0.1, 0.15) is 15.9 Å². The Labute approximate surface area is 137 Å². The summed E-state index contributed by atoms with van der Waals surface area (Å²) in [5.74, 6) is -0.569. The molecule has 3 nitrogen and oxygen atoms in total. The highest BCUT2D eigenvalue weighted by Gasteiger charge is 2.10. The minimum absolute atomic E-state index is 0.0572. The second kappa shape index (κ2) is 6.50. The van der Waals surface area contributed by atoms with Crippen molar-refractivity contribution < 1.29 is 15.0 Å². The van der Waals surface area contributed by atoms with E-state index in [1.54, 1.807) is 17.4 Å². The fraction of sp³-hybridized carbons (Fsp3) is 0. The molecule has 1 heterocycles. The first kappa shape index (κ1) is 15.1. The van der Waals surface area contributed by atoms with Crippen LogP contribution in [0.5, 0.6) is 11.5 Å². The van der Waals surface area contributed by atoms with Crippen LogP contribution >= 0.6 is 11.3 Å². The SMILES string of the molecule is O=C(C=Cc1ccccc1-c1ccsc1)c1cc(O)ccc1O. The Morgan fingerprint density at radius 3 is 2.65 bits per heavy atom. The molecule has 0 saturated carbocycles. The highest BCUT2D eigenvalue weighted by Crippen LogP contribution is 2.27. The summed E-state index contributed by atoms with van der Waals surface area (Å²) >= 11 is 1.62. The lowest BCUT2D eigenvalue weighted by atomic mass is 10.0. The van der Waals surface area contributed by atoms with E-state index in [0.717, 1.165) is 16.7 Å². The van der Waals surface area contributed by atoms with Crippen molar-refractivity contribution >= 4 is 23.2 Å². The molecule has 1 aromatic heterocycles. The molecule has 0 bridgehead atoms. The molecule has 2 N–H and O–H groups in total. The summed E-state index contributed by atoms with van der Waals surface area (Å²) in [4.78, 5) is 12.2. The summed E-state index contributed by atoms with van der Waals surface area (Å²) in [6.07, 6.45) is 3.12.